The molecule has 20 heavy (non-hydrogen) atoms. The summed E-state index contributed by atoms with van der Waals surface area (Å²) in [5.41, 5.74) is 2.04. The number of nitrogens with one attached hydrogen (secondary N) is 2. The van der Waals surface area contributed by atoms with Crippen molar-refractivity contribution in [2.75, 3.05) is 18.1 Å². The Kier molecular flexibility index (Phi) is 10.0. The van der Waals surface area contributed by atoms with E-state index in [9.17, 15) is 4.79 Å². The summed E-state index contributed by atoms with van der Waals surface area (Å²) in [6.07, 6.45) is 2.37. The second kappa shape index (κ2) is 10.3. The molecular weight excluding hydrogens is 317 g/mol. The van der Waals surface area contributed by atoms with Crippen LogP contribution in [0, 0.1) is 6.92 Å². The lowest BCUT2D eigenvalue weighted by Gasteiger charge is -2.22. The SMILES string of the molecule is Cc1ccc(CNC(=O)CC2CSCCN2)cn1.Cl.Cl. The third kappa shape index (κ3) is 6.79. The van der Waals surface area contributed by atoms with E-state index in [1.807, 2.05) is 37.0 Å². The van der Waals surface area contributed by atoms with Crippen LogP contribution >= 0.6 is 36.6 Å². The lowest BCUT2D eigenvalue weighted by Crippen LogP contribution is -2.41. The highest BCUT2D eigenvalue weighted by molar-refractivity contribution is 7.99. The Morgan fingerprint density at radius 3 is 2.90 bits per heavy atom. The normalized spacial score (nSPS) is 17.6. The summed E-state index contributed by atoms with van der Waals surface area (Å²) in [4.78, 5) is 16.0. The van der Waals surface area contributed by atoms with Crippen LogP contribution in [0.3, 0.4) is 0 Å². The standard InChI is InChI=1S/C13H19N3OS.2ClH/c1-10-2-3-11(7-15-10)8-16-13(17)6-12-9-18-5-4-14-12;;/h2-3,7,12,14H,4-6,8-9H2,1H3,(H,16,17);2*1H. The lowest BCUT2D eigenvalue weighted by molar-refractivity contribution is -0.121. The number of carbonyl (C=O) groups is 1. The Labute approximate surface area is 136 Å². The number of pyridine rings is 1. The van der Waals surface area contributed by atoms with Crippen LogP contribution < -0.4 is 10.6 Å². The summed E-state index contributed by atoms with van der Waals surface area (Å²) in [6.45, 7) is 3.52. The van der Waals surface area contributed by atoms with Crippen LogP contribution in [0.2, 0.25) is 0 Å². The van der Waals surface area contributed by atoms with Crippen LogP contribution in [0.4, 0.5) is 0 Å². The van der Waals surface area contributed by atoms with Crippen molar-refractivity contribution in [2.24, 2.45) is 0 Å². The molecule has 0 saturated carbocycles. The first-order chi connectivity index (χ1) is 8.74. The van der Waals surface area contributed by atoms with Crippen LogP contribution in [0.15, 0.2) is 18.3 Å². The Bertz CT molecular complexity index is 397. The Morgan fingerprint density at radius 2 is 2.30 bits per heavy atom. The zero-order valence-corrected chi connectivity index (χ0v) is 13.9. The molecule has 1 atom stereocenters. The van der Waals surface area contributed by atoms with E-state index in [0.717, 1.165) is 29.3 Å². The van der Waals surface area contributed by atoms with E-state index in [1.165, 1.54) is 0 Å². The van der Waals surface area contributed by atoms with Gasteiger partial charge in [0.2, 0.25) is 5.91 Å². The van der Waals surface area contributed by atoms with Crippen molar-refractivity contribution in [1.29, 1.82) is 0 Å². The maximum Gasteiger partial charge on any atom is 0.221 e. The summed E-state index contributed by atoms with van der Waals surface area (Å²) in [6, 6.07) is 4.28. The first-order valence-corrected chi connectivity index (χ1v) is 7.39. The van der Waals surface area contributed by atoms with Crippen LogP contribution in [-0.4, -0.2) is 35.0 Å². The van der Waals surface area contributed by atoms with Gasteiger partial charge in [-0.15, -0.1) is 24.8 Å². The number of rotatable bonds is 4. The van der Waals surface area contributed by atoms with Crippen LogP contribution in [-0.2, 0) is 11.3 Å². The fraction of sp³-hybridized carbons (Fsp3) is 0.538. The molecule has 1 unspecified atom stereocenters. The summed E-state index contributed by atoms with van der Waals surface area (Å²) < 4.78 is 0. The molecule has 0 radical (unpaired) electrons. The molecule has 0 aliphatic carbocycles. The number of aromatic nitrogens is 1. The molecule has 1 aromatic heterocycles. The molecule has 1 saturated heterocycles. The van der Waals surface area contributed by atoms with Crippen molar-refractivity contribution in [2.45, 2.75) is 25.9 Å². The van der Waals surface area contributed by atoms with E-state index in [-0.39, 0.29) is 30.7 Å². The van der Waals surface area contributed by atoms with Gasteiger partial charge in [-0.05, 0) is 18.6 Å². The fourth-order valence-corrected chi connectivity index (χ4v) is 2.80. The van der Waals surface area contributed by atoms with Gasteiger partial charge in [0.25, 0.3) is 0 Å². The number of aryl methyl sites for hydroxylation is 1. The minimum atomic E-state index is 0. The molecule has 0 spiro atoms. The van der Waals surface area contributed by atoms with Crippen molar-refractivity contribution < 1.29 is 4.79 Å². The van der Waals surface area contributed by atoms with Gasteiger partial charge in [0.05, 0.1) is 0 Å². The van der Waals surface area contributed by atoms with Crippen LogP contribution in [0.5, 0.6) is 0 Å². The minimum absolute atomic E-state index is 0. The maximum atomic E-state index is 11.8. The molecule has 1 fully saturated rings. The van der Waals surface area contributed by atoms with Gasteiger partial charge in [-0.1, -0.05) is 6.07 Å². The predicted octanol–water partition coefficient (Wildman–Crippen LogP) is 1.94. The molecule has 114 valence electrons. The number of hydrogen-bond acceptors (Lipinski definition) is 4. The van der Waals surface area contributed by atoms with Gasteiger partial charge >= 0.3 is 0 Å². The molecule has 1 aliphatic rings. The average molecular weight is 338 g/mol. The summed E-state index contributed by atoms with van der Waals surface area (Å²) in [5, 5.41) is 6.30. The molecule has 0 bridgehead atoms. The van der Waals surface area contributed by atoms with Gasteiger partial charge in [-0.2, -0.15) is 11.8 Å². The summed E-state index contributed by atoms with van der Waals surface area (Å²) in [7, 11) is 0. The van der Waals surface area contributed by atoms with E-state index in [2.05, 4.69) is 15.6 Å². The zero-order chi connectivity index (χ0) is 12.8. The average Bonchev–Trinajstić information content (AvgIpc) is 2.39. The maximum absolute atomic E-state index is 11.8. The number of nitrogens with zero attached hydrogens (tertiary/aromatic N) is 1. The van der Waals surface area contributed by atoms with Gasteiger partial charge < -0.3 is 10.6 Å². The molecule has 2 heterocycles. The highest BCUT2D eigenvalue weighted by atomic mass is 35.5. The topological polar surface area (TPSA) is 54.0 Å². The number of carbonyl (C=O) groups excluding carboxylic acids is 1. The van der Waals surface area contributed by atoms with Gasteiger partial charge in [0.15, 0.2) is 0 Å². The van der Waals surface area contributed by atoms with Crippen LogP contribution in [0.25, 0.3) is 0 Å². The third-order valence-electron chi connectivity index (χ3n) is 2.89. The third-order valence-corrected chi connectivity index (χ3v) is 4.02. The quantitative estimate of drug-likeness (QED) is 0.881. The largest absolute Gasteiger partial charge is 0.352 e. The number of amides is 1. The molecular formula is C13H21Cl2N3OS. The smallest absolute Gasteiger partial charge is 0.221 e. The molecule has 2 rings (SSSR count). The monoisotopic (exact) mass is 337 g/mol. The van der Waals surface area contributed by atoms with Crippen molar-refractivity contribution in [3.05, 3.63) is 29.6 Å². The first kappa shape index (κ1) is 19.5. The molecule has 1 amide bonds. The second-order valence-electron chi connectivity index (χ2n) is 4.51. The molecule has 0 aromatic carbocycles. The van der Waals surface area contributed by atoms with E-state index in [1.54, 1.807) is 0 Å². The number of thioether (sulfide) groups is 1. The van der Waals surface area contributed by atoms with Crippen LogP contribution in [0.1, 0.15) is 17.7 Å². The van der Waals surface area contributed by atoms with E-state index in [0.29, 0.717) is 19.0 Å². The summed E-state index contributed by atoms with van der Waals surface area (Å²) in [5.74, 6) is 2.28. The Balaban J connectivity index is 0.00000180. The highest BCUT2D eigenvalue weighted by Crippen LogP contribution is 2.10. The first-order valence-electron chi connectivity index (χ1n) is 6.23. The molecule has 1 aliphatic heterocycles. The Morgan fingerprint density at radius 1 is 1.50 bits per heavy atom. The molecule has 7 heteroatoms. The fourth-order valence-electron chi connectivity index (χ4n) is 1.85. The molecule has 2 N–H and O–H groups in total. The lowest BCUT2D eigenvalue weighted by atomic mass is 10.2. The van der Waals surface area contributed by atoms with Crippen molar-refractivity contribution in [1.82, 2.24) is 15.6 Å². The number of halogens is 2. The second-order valence-corrected chi connectivity index (χ2v) is 5.66. The molecule has 1 aromatic rings. The van der Waals surface area contributed by atoms with Crippen molar-refractivity contribution >= 4 is 42.5 Å². The summed E-state index contributed by atoms with van der Waals surface area (Å²) >= 11 is 1.91. The van der Waals surface area contributed by atoms with E-state index >= 15 is 0 Å². The van der Waals surface area contributed by atoms with Crippen molar-refractivity contribution in [3.63, 3.8) is 0 Å². The zero-order valence-electron chi connectivity index (χ0n) is 11.4. The van der Waals surface area contributed by atoms with Gasteiger partial charge in [0, 0.05) is 48.9 Å². The van der Waals surface area contributed by atoms with Gasteiger partial charge in [0.1, 0.15) is 0 Å². The Hall–Kier alpha value is -0.490. The minimum Gasteiger partial charge on any atom is -0.352 e. The van der Waals surface area contributed by atoms with Gasteiger partial charge in [-0.3, -0.25) is 9.78 Å². The predicted molar refractivity (Wildman–Crippen MR) is 89.0 cm³/mol. The van der Waals surface area contributed by atoms with Gasteiger partial charge in [-0.25, -0.2) is 0 Å². The molecule has 4 nitrogen and oxygen atoms in total. The highest BCUT2D eigenvalue weighted by Gasteiger charge is 2.16. The van der Waals surface area contributed by atoms with Crippen molar-refractivity contribution in [3.8, 4) is 0 Å². The number of hydrogen-bond donors (Lipinski definition) is 2. The van der Waals surface area contributed by atoms with E-state index < -0.39 is 0 Å². The van der Waals surface area contributed by atoms with E-state index in [4.69, 9.17) is 0 Å².